The largest absolute Gasteiger partial charge is 0.481 e. The lowest BCUT2D eigenvalue weighted by atomic mass is 10.1. The van der Waals surface area contributed by atoms with Crippen LogP contribution in [-0.4, -0.2) is 23.5 Å². The van der Waals surface area contributed by atoms with Gasteiger partial charge in [-0.1, -0.05) is 13.8 Å². The summed E-state index contributed by atoms with van der Waals surface area (Å²) in [6.45, 7) is 4.95. The van der Waals surface area contributed by atoms with E-state index < -0.39 is 11.9 Å². The highest BCUT2D eigenvalue weighted by atomic mass is 16.4. The molecule has 0 radical (unpaired) electrons. The van der Waals surface area contributed by atoms with Gasteiger partial charge in [-0.25, -0.2) is 0 Å². The van der Waals surface area contributed by atoms with E-state index >= 15 is 0 Å². The number of carboxylic acid groups (broad SMARTS) is 1. The Kier molecular flexibility index (Phi) is 4.12. The van der Waals surface area contributed by atoms with E-state index in [2.05, 4.69) is 19.2 Å². The topological polar surface area (TPSA) is 66.4 Å². The average Bonchev–Trinajstić information content (AvgIpc) is 2.90. The molecule has 1 fully saturated rings. The Morgan fingerprint density at radius 2 is 2.07 bits per heavy atom. The standard InChI is InChI=1S/C11H19NO3/c1-7(2)4-3-5-12-10(13)8-6-9(8)11(14)15/h7-9H,3-6H2,1-2H3,(H,12,13)(H,14,15)/t8-,9+/m1/s1. The number of carbonyl (C=O) groups is 2. The predicted molar refractivity (Wildman–Crippen MR) is 56.3 cm³/mol. The molecular weight excluding hydrogens is 194 g/mol. The zero-order valence-electron chi connectivity index (χ0n) is 9.32. The molecule has 1 rings (SSSR count). The van der Waals surface area contributed by atoms with Crippen molar-refractivity contribution in [3.05, 3.63) is 0 Å². The number of rotatable bonds is 6. The van der Waals surface area contributed by atoms with Gasteiger partial charge in [0.25, 0.3) is 0 Å². The van der Waals surface area contributed by atoms with Gasteiger partial charge in [-0.2, -0.15) is 0 Å². The van der Waals surface area contributed by atoms with Crippen LogP contribution in [0.5, 0.6) is 0 Å². The predicted octanol–water partition coefficient (Wildman–Crippen LogP) is 1.26. The molecular formula is C11H19NO3. The van der Waals surface area contributed by atoms with Crippen LogP contribution in [0.25, 0.3) is 0 Å². The molecule has 0 bridgehead atoms. The van der Waals surface area contributed by atoms with Gasteiger partial charge < -0.3 is 10.4 Å². The molecule has 2 atom stereocenters. The van der Waals surface area contributed by atoms with E-state index in [1.165, 1.54) is 0 Å². The molecule has 86 valence electrons. The van der Waals surface area contributed by atoms with Gasteiger partial charge in [0.2, 0.25) is 5.91 Å². The third-order valence-electron chi connectivity index (χ3n) is 2.70. The van der Waals surface area contributed by atoms with Crippen LogP contribution < -0.4 is 5.32 Å². The molecule has 1 saturated carbocycles. The Bertz CT molecular complexity index is 250. The Morgan fingerprint density at radius 3 is 2.53 bits per heavy atom. The van der Waals surface area contributed by atoms with Crippen LogP contribution in [0.4, 0.5) is 0 Å². The van der Waals surface area contributed by atoms with Crippen LogP contribution in [0.2, 0.25) is 0 Å². The highest BCUT2D eigenvalue weighted by Gasteiger charge is 2.48. The fourth-order valence-corrected chi connectivity index (χ4v) is 1.61. The summed E-state index contributed by atoms with van der Waals surface area (Å²) in [7, 11) is 0. The van der Waals surface area contributed by atoms with Crippen LogP contribution >= 0.6 is 0 Å². The van der Waals surface area contributed by atoms with Gasteiger partial charge in [0, 0.05) is 6.54 Å². The molecule has 0 aromatic carbocycles. The Morgan fingerprint density at radius 1 is 1.40 bits per heavy atom. The number of hydrogen-bond acceptors (Lipinski definition) is 2. The van der Waals surface area contributed by atoms with Gasteiger partial charge in [-0.3, -0.25) is 9.59 Å². The first kappa shape index (κ1) is 12.0. The van der Waals surface area contributed by atoms with E-state index in [-0.39, 0.29) is 11.8 Å². The normalized spacial score (nSPS) is 23.9. The zero-order valence-corrected chi connectivity index (χ0v) is 9.32. The van der Waals surface area contributed by atoms with Crippen LogP contribution in [0, 0.1) is 17.8 Å². The van der Waals surface area contributed by atoms with Gasteiger partial charge in [0.05, 0.1) is 11.8 Å². The summed E-state index contributed by atoms with van der Waals surface area (Å²) in [5, 5.41) is 11.4. The number of aliphatic carboxylic acids is 1. The highest BCUT2D eigenvalue weighted by Crippen LogP contribution is 2.38. The minimum atomic E-state index is -0.850. The molecule has 1 aliphatic carbocycles. The van der Waals surface area contributed by atoms with E-state index in [4.69, 9.17) is 5.11 Å². The summed E-state index contributed by atoms with van der Waals surface area (Å²) in [4.78, 5) is 21.9. The van der Waals surface area contributed by atoms with E-state index in [1.807, 2.05) is 0 Å². The monoisotopic (exact) mass is 213 g/mol. The average molecular weight is 213 g/mol. The molecule has 0 unspecified atom stereocenters. The van der Waals surface area contributed by atoms with Gasteiger partial charge >= 0.3 is 5.97 Å². The molecule has 4 nitrogen and oxygen atoms in total. The summed E-state index contributed by atoms with van der Waals surface area (Å²) >= 11 is 0. The Hall–Kier alpha value is -1.06. The summed E-state index contributed by atoms with van der Waals surface area (Å²) in [6.07, 6.45) is 2.56. The molecule has 1 aliphatic rings. The number of hydrogen-bond donors (Lipinski definition) is 2. The smallest absolute Gasteiger partial charge is 0.307 e. The second kappa shape index (κ2) is 5.14. The second-order valence-corrected chi connectivity index (χ2v) is 4.61. The number of carbonyl (C=O) groups excluding carboxylic acids is 1. The summed E-state index contributed by atoms with van der Waals surface area (Å²) in [6, 6.07) is 0. The van der Waals surface area contributed by atoms with Crippen molar-refractivity contribution in [2.75, 3.05) is 6.54 Å². The van der Waals surface area contributed by atoms with E-state index in [0.717, 1.165) is 12.8 Å². The fourth-order valence-electron chi connectivity index (χ4n) is 1.61. The number of amides is 1. The summed E-state index contributed by atoms with van der Waals surface area (Å²) in [5.41, 5.74) is 0. The third-order valence-corrected chi connectivity index (χ3v) is 2.70. The van der Waals surface area contributed by atoms with Crippen molar-refractivity contribution in [3.8, 4) is 0 Å². The van der Waals surface area contributed by atoms with Gasteiger partial charge in [0.1, 0.15) is 0 Å². The molecule has 15 heavy (non-hydrogen) atoms. The molecule has 0 aromatic rings. The van der Waals surface area contributed by atoms with Crippen molar-refractivity contribution in [1.29, 1.82) is 0 Å². The summed E-state index contributed by atoms with van der Waals surface area (Å²) < 4.78 is 0. The Labute approximate surface area is 90.0 Å². The SMILES string of the molecule is CC(C)CCCNC(=O)[C@@H]1C[C@@H]1C(=O)O. The summed E-state index contributed by atoms with van der Waals surface area (Å²) in [5.74, 6) is -1.00. The number of nitrogens with one attached hydrogen (secondary N) is 1. The second-order valence-electron chi connectivity index (χ2n) is 4.61. The maximum atomic E-state index is 11.4. The van der Waals surface area contributed by atoms with Crippen molar-refractivity contribution < 1.29 is 14.7 Å². The molecule has 0 aliphatic heterocycles. The molecule has 0 spiro atoms. The van der Waals surface area contributed by atoms with Gasteiger partial charge in [-0.15, -0.1) is 0 Å². The van der Waals surface area contributed by atoms with Crippen molar-refractivity contribution >= 4 is 11.9 Å². The van der Waals surface area contributed by atoms with E-state index in [9.17, 15) is 9.59 Å². The van der Waals surface area contributed by atoms with Gasteiger partial charge in [0.15, 0.2) is 0 Å². The maximum absolute atomic E-state index is 11.4. The van der Waals surface area contributed by atoms with Crippen LogP contribution in [0.15, 0.2) is 0 Å². The van der Waals surface area contributed by atoms with Crippen molar-refractivity contribution in [3.63, 3.8) is 0 Å². The van der Waals surface area contributed by atoms with Crippen LogP contribution in [-0.2, 0) is 9.59 Å². The van der Waals surface area contributed by atoms with Crippen molar-refractivity contribution in [2.24, 2.45) is 17.8 Å². The van der Waals surface area contributed by atoms with Gasteiger partial charge in [-0.05, 0) is 25.2 Å². The first-order valence-corrected chi connectivity index (χ1v) is 5.53. The first-order valence-electron chi connectivity index (χ1n) is 5.53. The molecule has 4 heteroatoms. The highest BCUT2D eigenvalue weighted by molar-refractivity contribution is 5.89. The van der Waals surface area contributed by atoms with Crippen LogP contribution in [0.1, 0.15) is 33.1 Å². The van der Waals surface area contributed by atoms with Crippen LogP contribution in [0.3, 0.4) is 0 Å². The quantitative estimate of drug-likeness (QED) is 0.653. The van der Waals surface area contributed by atoms with Crippen molar-refractivity contribution in [2.45, 2.75) is 33.1 Å². The molecule has 0 aromatic heterocycles. The minimum Gasteiger partial charge on any atom is -0.481 e. The third kappa shape index (κ3) is 3.90. The van der Waals surface area contributed by atoms with Crippen molar-refractivity contribution in [1.82, 2.24) is 5.32 Å². The molecule has 0 saturated heterocycles. The first-order chi connectivity index (χ1) is 7.02. The van der Waals surface area contributed by atoms with E-state index in [0.29, 0.717) is 18.9 Å². The lowest BCUT2D eigenvalue weighted by Gasteiger charge is -2.06. The molecule has 1 amide bonds. The minimum absolute atomic E-state index is 0.0915. The molecule has 2 N–H and O–H groups in total. The fraction of sp³-hybridized carbons (Fsp3) is 0.818. The molecule has 0 heterocycles. The number of carboxylic acids is 1. The Balaban J connectivity index is 2.08. The lowest BCUT2D eigenvalue weighted by Crippen LogP contribution is -2.27. The maximum Gasteiger partial charge on any atom is 0.307 e. The van der Waals surface area contributed by atoms with E-state index in [1.54, 1.807) is 0 Å². The zero-order chi connectivity index (χ0) is 11.4. The lowest BCUT2D eigenvalue weighted by molar-refractivity contribution is -0.140.